The van der Waals surface area contributed by atoms with E-state index in [0.717, 1.165) is 5.56 Å². The van der Waals surface area contributed by atoms with E-state index in [0.29, 0.717) is 28.0 Å². The molecule has 6 N–H and O–H groups in total. The van der Waals surface area contributed by atoms with Gasteiger partial charge in [-0.2, -0.15) is 0 Å². The maximum Gasteiger partial charge on any atom is 0.138 e. The molecule has 35 heavy (non-hydrogen) atoms. The molecule has 1 aliphatic heterocycles. The molecule has 0 radical (unpaired) electrons. The lowest BCUT2D eigenvalue weighted by atomic mass is 9.82. The van der Waals surface area contributed by atoms with Crippen LogP contribution in [0.3, 0.4) is 0 Å². The number of aromatic hydroxyl groups is 6. The number of hydrogen-bond acceptors (Lipinski definition) is 7. The molecule has 4 aromatic rings. The fourth-order valence-corrected chi connectivity index (χ4v) is 4.48. The average Bonchev–Trinajstić information content (AvgIpc) is 3.17. The molecule has 5 rings (SSSR count). The molecule has 4 aromatic carbocycles. The Hall–Kier alpha value is -4.78. The van der Waals surface area contributed by atoms with Crippen LogP contribution < -0.4 is 4.74 Å². The lowest BCUT2D eigenvalue weighted by Gasteiger charge is -2.22. The first-order chi connectivity index (χ1) is 16.8. The van der Waals surface area contributed by atoms with E-state index in [1.165, 1.54) is 36.4 Å². The monoisotopic (exact) mass is 470 g/mol. The number of ether oxygens (including phenoxy) is 1. The van der Waals surface area contributed by atoms with Crippen molar-refractivity contribution in [2.75, 3.05) is 0 Å². The summed E-state index contributed by atoms with van der Waals surface area (Å²) >= 11 is 0. The molecule has 1 aliphatic rings. The van der Waals surface area contributed by atoms with Crippen molar-refractivity contribution in [2.24, 2.45) is 0 Å². The summed E-state index contributed by atoms with van der Waals surface area (Å²) in [5.74, 6) is -0.647. The van der Waals surface area contributed by atoms with Gasteiger partial charge in [-0.3, -0.25) is 0 Å². The normalized spacial score (nSPS) is 16.8. The standard InChI is InChI=1S/C28H22O7/c29-18-5-2-15(3-6-18)1-4-16-9-22(33)14-25-26(16)27(17-10-20(31)12-21(32)11-17)28(35-25)23-8-7-19(30)13-24(23)34/h1-14,27-34H/t27-,28+/m1/s1. The van der Waals surface area contributed by atoms with Crippen LogP contribution in [0.5, 0.6) is 40.2 Å². The summed E-state index contributed by atoms with van der Waals surface area (Å²) in [7, 11) is 0. The van der Waals surface area contributed by atoms with E-state index in [1.807, 2.05) is 6.08 Å². The van der Waals surface area contributed by atoms with Crippen LogP contribution in [0.1, 0.15) is 39.8 Å². The van der Waals surface area contributed by atoms with Crippen LogP contribution in [0.25, 0.3) is 12.2 Å². The minimum atomic E-state index is -0.783. The Kier molecular flexibility index (Phi) is 5.37. The van der Waals surface area contributed by atoms with Gasteiger partial charge in [0, 0.05) is 29.3 Å². The van der Waals surface area contributed by atoms with Crippen molar-refractivity contribution < 1.29 is 35.4 Å². The van der Waals surface area contributed by atoms with Gasteiger partial charge < -0.3 is 35.4 Å². The van der Waals surface area contributed by atoms with Crippen LogP contribution in [0.4, 0.5) is 0 Å². The Morgan fingerprint density at radius 2 is 1.26 bits per heavy atom. The average molecular weight is 470 g/mol. The zero-order valence-corrected chi connectivity index (χ0v) is 18.3. The fourth-order valence-electron chi connectivity index (χ4n) is 4.48. The molecule has 0 amide bonds. The lowest BCUT2D eigenvalue weighted by Crippen LogP contribution is -2.12. The Bertz CT molecular complexity index is 1420. The van der Waals surface area contributed by atoms with E-state index in [1.54, 1.807) is 42.5 Å². The second kappa shape index (κ2) is 8.53. The molecular formula is C28H22O7. The first-order valence-corrected chi connectivity index (χ1v) is 10.8. The summed E-state index contributed by atoms with van der Waals surface area (Å²) in [5, 5.41) is 60.6. The summed E-state index contributed by atoms with van der Waals surface area (Å²) in [5.41, 5.74) is 3.04. The second-order valence-electron chi connectivity index (χ2n) is 8.41. The van der Waals surface area contributed by atoms with Gasteiger partial charge >= 0.3 is 0 Å². The summed E-state index contributed by atoms with van der Waals surface area (Å²) in [6.45, 7) is 0. The largest absolute Gasteiger partial charge is 0.508 e. The van der Waals surface area contributed by atoms with E-state index >= 15 is 0 Å². The topological polar surface area (TPSA) is 131 Å². The van der Waals surface area contributed by atoms with Gasteiger partial charge in [0.15, 0.2) is 0 Å². The van der Waals surface area contributed by atoms with E-state index < -0.39 is 12.0 Å². The molecule has 0 unspecified atom stereocenters. The Labute approximate surface area is 200 Å². The molecule has 0 aliphatic carbocycles. The highest BCUT2D eigenvalue weighted by Gasteiger charge is 2.40. The fraction of sp³-hybridized carbons (Fsp3) is 0.0714. The molecular weight excluding hydrogens is 448 g/mol. The maximum absolute atomic E-state index is 10.6. The van der Waals surface area contributed by atoms with Gasteiger partial charge in [0.25, 0.3) is 0 Å². The van der Waals surface area contributed by atoms with Crippen molar-refractivity contribution in [3.8, 4) is 40.2 Å². The molecule has 176 valence electrons. The predicted octanol–water partition coefficient (Wildman–Crippen LogP) is 5.36. The smallest absolute Gasteiger partial charge is 0.138 e. The SMILES string of the molecule is Oc1ccc(C=Cc2cc(O)cc3c2[C@@H](c2cc(O)cc(O)c2)[C@H](c2ccc(O)cc2O)O3)cc1. The third-order valence-electron chi connectivity index (χ3n) is 5.98. The van der Waals surface area contributed by atoms with Gasteiger partial charge in [-0.1, -0.05) is 24.3 Å². The van der Waals surface area contributed by atoms with E-state index in [2.05, 4.69) is 0 Å². The summed E-state index contributed by atoms with van der Waals surface area (Å²) in [6, 6.07) is 18.1. The van der Waals surface area contributed by atoms with Gasteiger partial charge in [0.05, 0.1) is 5.92 Å². The van der Waals surface area contributed by atoms with Crippen molar-refractivity contribution in [1.82, 2.24) is 0 Å². The molecule has 7 heteroatoms. The van der Waals surface area contributed by atoms with E-state index in [9.17, 15) is 30.6 Å². The quantitative estimate of drug-likeness (QED) is 0.222. The Morgan fingerprint density at radius 1 is 0.600 bits per heavy atom. The lowest BCUT2D eigenvalue weighted by molar-refractivity contribution is 0.216. The Morgan fingerprint density at radius 3 is 1.94 bits per heavy atom. The minimum absolute atomic E-state index is 0.0257. The molecule has 0 saturated heterocycles. The molecule has 2 atom stereocenters. The van der Waals surface area contributed by atoms with Crippen LogP contribution in [0.2, 0.25) is 0 Å². The summed E-state index contributed by atoms with van der Waals surface area (Å²) in [4.78, 5) is 0. The second-order valence-corrected chi connectivity index (χ2v) is 8.41. The highest BCUT2D eigenvalue weighted by atomic mass is 16.5. The van der Waals surface area contributed by atoms with Gasteiger partial charge in [0.1, 0.15) is 46.4 Å². The van der Waals surface area contributed by atoms with Gasteiger partial charge in [-0.15, -0.1) is 0 Å². The van der Waals surface area contributed by atoms with Crippen LogP contribution >= 0.6 is 0 Å². The zero-order valence-electron chi connectivity index (χ0n) is 18.3. The third-order valence-corrected chi connectivity index (χ3v) is 5.98. The zero-order chi connectivity index (χ0) is 24.7. The number of phenols is 6. The summed E-state index contributed by atoms with van der Waals surface area (Å²) in [6.07, 6.45) is 2.83. The van der Waals surface area contributed by atoms with Gasteiger partial charge in [-0.05, 0) is 59.2 Å². The molecule has 1 heterocycles. The van der Waals surface area contributed by atoms with Crippen molar-refractivity contribution in [3.05, 3.63) is 101 Å². The van der Waals surface area contributed by atoms with Gasteiger partial charge in [0.2, 0.25) is 0 Å². The van der Waals surface area contributed by atoms with E-state index in [-0.39, 0.29) is 34.5 Å². The first-order valence-electron chi connectivity index (χ1n) is 10.8. The molecule has 0 saturated carbocycles. The maximum atomic E-state index is 10.6. The molecule has 0 fully saturated rings. The highest BCUT2D eigenvalue weighted by molar-refractivity contribution is 5.75. The molecule has 7 nitrogen and oxygen atoms in total. The predicted molar refractivity (Wildman–Crippen MR) is 130 cm³/mol. The first kappa shape index (κ1) is 22.0. The van der Waals surface area contributed by atoms with Crippen molar-refractivity contribution in [2.45, 2.75) is 12.0 Å². The number of hydrogen-bond donors (Lipinski definition) is 6. The number of fused-ring (bicyclic) bond motifs is 1. The number of benzene rings is 4. The highest BCUT2D eigenvalue weighted by Crippen LogP contribution is 2.54. The Balaban J connectivity index is 1.69. The third kappa shape index (κ3) is 4.27. The van der Waals surface area contributed by atoms with Crippen molar-refractivity contribution >= 4 is 12.2 Å². The minimum Gasteiger partial charge on any atom is -0.508 e. The van der Waals surface area contributed by atoms with Crippen LogP contribution in [0.15, 0.2) is 72.8 Å². The van der Waals surface area contributed by atoms with Gasteiger partial charge in [-0.25, -0.2) is 0 Å². The number of rotatable bonds is 4. The molecule has 0 aromatic heterocycles. The number of phenolic OH excluding ortho intramolecular Hbond substituents is 6. The van der Waals surface area contributed by atoms with Crippen LogP contribution in [-0.4, -0.2) is 30.6 Å². The van der Waals surface area contributed by atoms with Crippen LogP contribution in [0, 0.1) is 0 Å². The van der Waals surface area contributed by atoms with Crippen molar-refractivity contribution in [1.29, 1.82) is 0 Å². The summed E-state index contributed by atoms with van der Waals surface area (Å²) < 4.78 is 6.22. The molecule has 0 spiro atoms. The van der Waals surface area contributed by atoms with Crippen LogP contribution in [-0.2, 0) is 0 Å². The van der Waals surface area contributed by atoms with E-state index in [4.69, 9.17) is 4.74 Å². The molecule has 0 bridgehead atoms. The van der Waals surface area contributed by atoms with Crippen molar-refractivity contribution in [3.63, 3.8) is 0 Å².